The maximum absolute atomic E-state index is 6.67. The molecule has 0 N–H and O–H groups in total. The molecule has 0 radical (unpaired) electrons. The Hall–Kier alpha value is -7.63. The third-order valence-corrected chi connectivity index (χ3v) is 10.6. The van der Waals surface area contributed by atoms with Gasteiger partial charge in [-0.1, -0.05) is 140 Å². The topological polar surface area (TPSA) is 56.7 Å². The maximum atomic E-state index is 6.67. The fourth-order valence-electron chi connectivity index (χ4n) is 7.93. The monoisotopic (exact) mass is 716 g/mol. The molecular formula is C51H32N4O. The molecule has 0 aliphatic carbocycles. The number of rotatable bonds is 6. The van der Waals surface area contributed by atoms with Crippen LogP contribution in [0.15, 0.2) is 199 Å². The number of nitrogens with zero attached hydrogens (tertiary/aromatic N) is 4. The van der Waals surface area contributed by atoms with E-state index in [0.29, 0.717) is 17.5 Å². The third kappa shape index (κ3) is 5.45. The van der Waals surface area contributed by atoms with Gasteiger partial charge in [-0.3, -0.25) is 0 Å². The van der Waals surface area contributed by atoms with E-state index in [-0.39, 0.29) is 0 Å². The Labute approximate surface area is 322 Å². The summed E-state index contributed by atoms with van der Waals surface area (Å²) >= 11 is 0. The predicted molar refractivity (Wildman–Crippen MR) is 229 cm³/mol. The highest BCUT2D eigenvalue weighted by atomic mass is 16.3. The molecule has 262 valence electrons. The third-order valence-electron chi connectivity index (χ3n) is 10.6. The van der Waals surface area contributed by atoms with Gasteiger partial charge in [-0.2, -0.15) is 0 Å². The van der Waals surface area contributed by atoms with Crippen molar-refractivity contribution in [2.24, 2.45) is 0 Å². The van der Waals surface area contributed by atoms with Gasteiger partial charge in [-0.15, -0.1) is 0 Å². The highest BCUT2D eigenvalue weighted by molar-refractivity contribution is 6.17. The summed E-state index contributed by atoms with van der Waals surface area (Å²) in [6, 6.07) is 67.4. The fraction of sp³-hybridized carbons (Fsp3) is 0. The molecule has 0 unspecified atom stereocenters. The second-order valence-corrected chi connectivity index (χ2v) is 14.1. The van der Waals surface area contributed by atoms with Crippen molar-refractivity contribution in [2.45, 2.75) is 0 Å². The first-order valence-corrected chi connectivity index (χ1v) is 18.8. The van der Waals surface area contributed by atoms with E-state index < -0.39 is 0 Å². The van der Waals surface area contributed by atoms with Crippen molar-refractivity contribution in [2.75, 3.05) is 0 Å². The Morgan fingerprint density at radius 2 is 0.804 bits per heavy atom. The lowest BCUT2D eigenvalue weighted by molar-refractivity contribution is 0.669. The van der Waals surface area contributed by atoms with Crippen LogP contribution in [0, 0.1) is 0 Å². The number of furan rings is 1. The van der Waals surface area contributed by atoms with E-state index in [0.717, 1.165) is 83.0 Å². The van der Waals surface area contributed by atoms with E-state index in [4.69, 9.17) is 19.4 Å². The van der Waals surface area contributed by atoms with E-state index in [2.05, 4.69) is 187 Å². The van der Waals surface area contributed by atoms with Crippen LogP contribution in [0.25, 0.3) is 106 Å². The van der Waals surface area contributed by atoms with Crippen molar-refractivity contribution < 1.29 is 4.42 Å². The van der Waals surface area contributed by atoms with Crippen LogP contribution in [-0.4, -0.2) is 19.5 Å². The van der Waals surface area contributed by atoms with Gasteiger partial charge < -0.3 is 8.98 Å². The van der Waals surface area contributed by atoms with E-state index in [1.807, 2.05) is 12.1 Å². The average Bonchev–Trinajstić information content (AvgIpc) is 3.80. The Kier molecular flexibility index (Phi) is 7.42. The first-order chi connectivity index (χ1) is 27.7. The lowest BCUT2D eigenvalue weighted by Gasteiger charge is -2.11. The Balaban J connectivity index is 1.08. The first kappa shape index (κ1) is 31.9. The zero-order valence-electron chi connectivity index (χ0n) is 30.2. The molecule has 56 heavy (non-hydrogen) atoms. The predicted octanol–water partition coefficient (Wildman–Crippen LogP) is 13.2. The number of benzene rings is 8. The molecule has 0 fully saturated rings. The molecule has 3 aromatic heterocycles. The zero-order valence-corrected chi connectivity index (χ0v) is 30.2. The SMILES string of the molecule is c1ccc(-c2cccc(-c3nc(-c4cccc(-c5ccccc5)c4)nc(-c4ccc5c(c4)oc4cc6c7ccccc7n(-c7ccccc7)c6cc45)n3)c2)cc1. The summed E-state index contributed by atoms with van der Waals surface area (Å²) in [5.41, 5.74) is 12.2. The largest absolute Gasteiger partial charge is 0.456 e. The summed E-state index contributed by atoms with van der Waals surface area (Å²) < 4.78 is 9.00. The molecule has 11 rings (SSSR count). The molecule has 5 nitrogen and oxygen atoms in total. The molecule has 0 spiro atoms. The summed E-state index contributed by atoms with van der Waals surface area (Å²) in [6.45, 7) is 0. The van der Waals surface area contributed by atoms with Crippen molar-refractivity contribution in [3.05, 3.63) is 194 Å². The van der Waals surface area contributed by atoms with Crippen molar-refractivity contribution in [3.63, 3.8) is 0 Å². The molecule has 11 aromatic rings. The van der Waals surface area contributed by atoms with Crippen LogP contribution in [0.4, 0.5) is 0 Å². The standard InChI is InChI=1S/C51H32N4O/c1-4-14-33(15-5-1)35-18-12-20-37(28-35)49-52-50(38-21-13-19-36(29-38)34-16-6-2-7-17-34)54-51(53-49)39-26-27-42-44-31-46-43(32-48(44)56-47(42)30-39)41-24-10-11-25-45(41)55(46)40-22-8-3-9-23-40/h1-32H. The van der Waals surface area contributed by atoms with E-state index in [1.54, 1.807) is 0 Å². The van der Waals surface area contributed by atoms with Crippen LogP contribution in [0.1, 0.15) is 0 Å². The van der Waals surface area contributed by atoms with Crippen LogP contribution < -0.4 is 0 Å². The second kappa shape index (κ2) is 13.0. The Morgan fingerprint density at radius 3 is 1.43 bits per heavy atom. The van der Waals surface area contributed by atoms with Crippen LogP contribution in [0.2, 0.25) is 0 Å². The van der Waals surface area contributed by atoms with Crippen LogP contribution in [0.3, 0.4) is 0 Å². The van der Waals surface area contributed by atoms with Crippen molar-refractivity contribution in [3.8, 4) is 62.1 Å². The zero-order chi connectivity index (χ0) is 37.0. The molecule has 0 saturated heterocycles. The molecule has 0 saturated carbocycles. The number of para-hydroxylation sites is 2. The number of hydrogen-bond donors (Lipinski definition) is 0. The van der Waals surface area contributed by atoms with Crippen molar-refractivity contribution >= 4 is 43.7 Å². The Morgan fingerprint density at radius 1 is 0.304 bits per heavy atom. The van der Waals surface area contributed by atoms with Crippen LogP contribution in [0.5, 0.6) is 0 Å². The minimum atomic E-state index is 0.578. The normalized spacial score (nSPS) is 11.6. The maximum Gasteiger partial charge on any atom is 0.164 e. The van der Waals surface area contributed by atoms with Gasteiger partial charge in [0.15, 0.2) is 17.5 Å². The Bertz CT molecular complexity index is 3140. The summed E-state index contributed by atoms with van der Waals surface area (Å²) in [4.78, 5) is 15.3. The van der Waals surface area contributed by atoms with Gasteiger partial charge in [0.25, 0.3) is 0 Å². The number of hydrogen-bond acceptors (Lipinski definition) is 4. The van der Waals surface area contributed by atoms with Gasteiger partial charge in [-0.25, -0.2) is 15.0 Å². The highest BCUT2D eigenvalue weighted by Crippen LogP contribution is 2.39. The van der Waals surface area contributed by atoms with Gasteiger partial charge in [-0.05, 0) is 76.9 Å². The summed E-state index contributed by atoms with van der Waals surface area (Å²) in [5.74, 6) is 1.79. The molecule has 5 heteroatoms. The minimum absolute atomic E-state index is 0.578. The lowest BCUT2D eigenvalue weighted by Crippen LogP contribution is -2.00. The summed E-state index contributed by atoms with van der Waals surface area (Å²) in [5, 5.41) is 4.44. The average molecular weight is 717 g/mol. The van der Waals surface area contributed by atoms with Gasteiger partial charge in [0.1, 0.15) is 11.2 Å². The van der Waals surface area contributed by atoms with E-state index in [1.165, 1.54) is 5.39 Å². The van der Waals surface area contributed by atoms with Crippen molar-refractivity contribution in [1.29, 1.82) is 0 Å². The first-order valence-electron chi connectivity index (χ1n) is 18.8. The van der Waals surface area contributed by atoms with Crippen LogP contribution >= 0.6 is 0 Å². The number of aromatic nitrogens is 4. The molecule has 0 bridgehead atoms. The molecular weight excluding hydrogens is 685 g/mol. The van der Waals surface area contributed by atoms with Crippen molar-refractivity contribution in [1.82, 2.24) is 19.5 Å². The molecule has 0 atom stereocenters. The van der Waals surface area contributed by atoms with Gasteiger partial charge in [0, 0.05) is 43.9 Å². The highest BCUT2D eigenvalue weighted by Gasteiger charge is 2.19. The number of fused-ring (bicyclic) bond motifs is 6. The summed E-state index contributed by atoms with van der Waals surface area (Å²) in [7, 11) is 0. The van der Waals surface area contributed by atoms with E-state index in [9.17, 15) is 0 Å². The fourth-order valence-corrected chi connectivity index (χ4v) is 7.93. The lowest BCUT2D eigenvalue weighted by atomic mass is 10.0. The van der Waals surface area contributed by atoms with Gasteiger partial charge >= 0.3 is 0 Å². The van der Waals surface area contributed by atoms with Gasteiger partial charge in [0.05, 0.1) is 11.0 Å². The molecule has 0 amide bonds. The van der Waals surface area contributed by atoms with Gasteiger partial charge in [0.2, 0.25) is 0 Å². The molecule has 8 aromatic carbocycles. The molecule has 0 aliphatic rings. The smallest absolute Gasteiger partial charge is 0.164 e. The molecule has 0 aliphatic heterocycles. The minimum Gasteiger partial charge on any atom is -0.456 e. The second-order valence-electron chi connectivity index (χ2n) is 14.1. The van der Waals surface area contributed by atoms with Crippen LogP contribution in [-0.2, 0) is 0 Å². The quantitative estimate of drug-likeness (QED) is 0.172. The summed E-state index contributed by atoms with van der Waals surface area (Å²) in [6.07, 6.45) is 0. The van der Waals surface area contributed by atoms with E-state index >= 15 is 0 Å². The molecule has 3 heterocycles.